The van der Waals surface area contributed by atoms with Crippen molar-refractivity contribution < 1.29 is 56.2 Å². The second-order valence-electron chi connectivity index (χ2n) is 3.87. The number of carbonyl (C=O) groups excluding carboxylic acids is 1. The molecule has 1 amide bonds. The van der Waals surface area contributed by atoms with E-state index < -0.39 is 11.9 Å². The van der Waals surface area contributed by atoms with E-state index >= 15 is 0 Å². The molecule has 7 heteroatoms. The molecule has 1 heterocycles. The third-order valence-corrected chi connectivity index (χ3v) is 2.34. The Labute approximate surface area is 148 Å². The minimum absolute atomic E-state index is 0. The van der Waals surface area contributed by atoms with Gasteiger partial charge in [0.1, 0.15) is 5.69 Å². The van der Waals surface area contributed by atoms with Gasteiger partial charge in [0.15, 0.2) is 0 Å². The molecule has 94 valence electrons. The maximum Gasteiger partial charge on any atom is 1.00 e. The van der Waals surface area contributed by atoms with Gasteiger partial charge in [-0.05, 0) is 25.0 Å². The molecule has 1 atom stereocenters. The van der Waals surface area contributed by atoms with Crippen molar-refractivity contribution in [1.82, 2.24) is 10.5 Å². The quantitative estimate of drug-likeness (QED) is 0.423. The minimum Gasteiger partial charge on any atom is -0.787 e. The smallest absolute Gasteiger partial charge is 0.787 e. The number of aryl methyl sites for hydroxylation is 1. The molecule has 18 heavy (non-hydrogen) atoms. The van der Waals surface area contributed by atoms with Crippen molar-refractivity contribution >= 4 is 11.6 Å². The van der Waals surface area contributed by atoms with Crippen LogP contribution in [0.4, 0.5) is 5.69 Å². The van der Waals surface area contributed by atoms with Gasteiger partial charge in [-0.3, -0.25) is 9.59 Å². The Hall–Kier alpha value is -0.0236. The molecule has 0 aromatic carbocycles. The Morgan fingerprint density at radius 1 is 1.56 bits per heavy atom. The van der Waals surface area contributed by atoms with Crippen LogP contribution in [0.5, 0.6) is 0 Å². The standard InChI is InChI=1S/C11H16N3O3.K/c1-3-4-8(14-17)11(16)13-9-5-7(2)6-12-10(9)15;/h5-6,8,14H,3-4H2,1-2H3,(H,12,15)(H,13,16);/q-1;+1. The number of H-pyrrole nitrogens is 1. The van der Waals surface area contributed by atoms with E-state index in [0.29, 0.717) is 12.8 Å². The fourth-order valence-corrected chi connectivity index (χ4v) is 1.44. The van der Waals surface area contributed by atoms with Crippen molar-refractivity contribution in [3.8, 4) is 0 Å². The molecule has 0 aliphatic heterocycles. The van der Waals surface area contributed by atoms with E-state index in [-0.39, 0.29) is 62.6 Å². The molecule has 0 radical (unpaired) electrons. The number of aromatic amines is 1. The Morgan fingerprint density at radius 3 is 2.78 bits per heavy atom. The summed E-state index contributed by atoms with van der Waals surface area (Å²) in [7, 11) is 0. The van der Waals surface area contributed by atoms with Crippen LogP contribution >= 0.6 is 0 Å². The van der Waals surface area contributed by atoms with Crippen LogP contribution < -0.4 is 67.7 Å². The van der Waals surface area contributed by atoms with E-state index in [1.807, 2.05) is 6.92 Å². The second-order valence-corrected chi connectivity index (χ2v) is 3.87. The molecule has 1 aromatic heterocycles. The van der Waals surface area contributed by atoms with Gasteiger partial charge in [0, 0.05) is 6.20 Å². The summed E-state index contributed by atoms with van der Waals surface area (Å²) >= 11 is 0. The van der Waals surface area contributed by atoms with Crippen LogP contribution in [0.3, 0.4) is 0 Å². The Bertz CT molecular complexity index is 447. The van der Waals surface area contributed by atoms with Gasteiger partial charge in [-0.15, -0.1) is 0 Å². The predicted molar refractivity (Wildman–Crippen MR) is 65.6 cm³/mol. The second kappa shape index (κ2) is 8.97. The average Bonchev–Trinajstić information content (AvgIpc) is 2.30. The van der Waals surface area contributed by atoms with E-state index in [1.165, 1.54) is 0 Å². The van der Waals surface area contributed by atoms with Gasteiger partial charge in [0.05, 0.1) is 6.04 Å². The maximum atomic E-state index is 11.7. The van der Waals surface area contributed by atoms with Crippen LogP contribution in [-0.2, 0) is 4.79 Å². The summed E-state index contributed by atoms with van der Waals surface area (Å²) in [6, 6.07) is 0.741. The van der Waals surface area contributed by atoms with Gasteiger partial charge in [0.25, 0.3) is 5.56 Å². The summed E-state index contributed by atoms with van der Waals surface area (Å²) < 4.78 is 0. The molecule has 1 rings (SSSR count). The summed E-state index contributed by atoms with van der Waals surface area (Å²) in [5.41, 5.74) is 2.28. The fourth-order valence-electron chi connectivity index (χ4n) is 1.44. The molecule has 0 fully saturated rings. The number of hydrogen-bond acceptors (Lipinski definition) is 4. The number of carbonyl (C=O) groups is 1. The van der Waals surface area contributed by atoms with Gasteiger partial charge < -0.3 is 21.0 Å². The SMILES string of the molecule is CCCC(N[O-])C(=O)Nc1cc(C)c[nH]c1=O.[K+]. The van der Waals surface area contributed by atoms with Gasteiger partial charge in [-0.2, -0.15) is 0 Å². The van der Waals surface area contributed by atoms with Crippen LogP contribution in [0.2, 0.25) is 0 Å². The van der Waals surface area contributed by atoms with Gasteiger partial charge in [-0.1, -0.05) is 13.3 Å². The molecule has 6 nitrogen and oxygen atoms in total. The number of hydroxylamine groups is 1. The summed E-state index contributed by atoms with van der Waals surface area (Å²) in [6.45, 7) is 3.66. The van der Waals surface area contributed by atoms with E-state index in [2.05, 4.69) is 10.3 Å². The van der Waals surface area contributed by atoms with Crippen LogP contribution in [0, 0.1) is 12.1 Å². The first kappa shape index (κ1) is 18.0. The number of amides is 1. The number of nitrogens with one attached hydrogen (secondary N) is 3. The van der Waals surface area contributed by atoms with Crippen LogP contribution in [0.1, 0.15) is 25.3 Å². The number of anilines is 1. The normalized spacial score (nSPS) is 11.5. The first-order chi connectivity index (χ1) is 8.08. The van der Waals surface area contributed by atoms with Gasteiger partial charge in [0.2, 0.25) is 5.91 Å². The van der Waals surface area contributed by atoms with Crippen molar-refractivity contribution in [2.24, 2.45) is 0 Å². The van der Waals surface area contributed by atoms with E-state index in [4.69, 9.17) is 0 Å². The monoisotopic (exact) mass is 277 g/mol. The molecule has 1 unspecified atom stereocenters. The first-order valence-electron chi connectivity index (χ1n) is 5.46. The summed E-state index contributed by atoms with van der Waals surface area (Å²) in [5, 5.41) is 13.0. The van der Waals surface area contributed by atoms with E-state index in [1.54, 1.807) is 24.7 Å². The van der Waals surface area contributed by atoms with Gasteiger partial charge in [-0.25, -0.2) is 0 Å². The molecular weight excluding hydrogens is 261 g/mol. The van der Waals surface area contributed by atoms with Crippen molar-refractivity contribution in [1.29, 1.82) is 0 Å². The van der Waals surface area contributed by atoms with Crippen LogP contribution in [0.25, 0.3) is 0 Å². The topological polar surface area (TPSA) is 97.0 Å². The largest absolute Gasteiger partial charge is 1.00 e. The summed E-state index contributed by atoms with van der Waals surface area (Å²) in [5.74, 6) is -0.488. The number of pyridine rings is 1. The van der Waals surface area contributed by atoms with Crippen LogP contribution in [-0.4, -0.2) is 16.9 Å². The molecule has 3 N–H and O–H groups in total. The van der Waals surface area contributed by atoms with Crippen molar-refractivity contribution in [3.63, 3.8) is 0 Å². The van der Waals surface area contributed by atoms with E-state index in [0.717, 1.165) is 5.56 Å². The zero-order valence-electron chi connectivity index (χ0n) is 10.9. The molecule has 0 aliphatic carbocycles. The van der Waals surface area contributed by atoms with Gasteiger partial charge >= 0.3 is 51.4 Å². The molecule has 1 aromatic rings. The number of hydrogen-bond donors (Lipinski definition) is 3. The molecule has 0 bridgehead atoms. The summed E-state index contributed by atoms with van der Waals surface area (Å²) in [6.07, 6.45) is 2.68. The molecule has 0 saturated carbocycles. The van der Waals surface area contributed by atoms with Crippen LogP contribution in [0.15, 0.2) is 17.1 Å². The maximum absolute atomic E-state index is 11.7. The first-order valence-corrected chi connectivity index (χ1v) is 5.46. The van der Waals surface area contributed by atoms with Crippen molar-refractivity contribution in [2.75, 3.05) is 5.32 Å². The predicted octanol–water partition coefficient (Wildman–Crippen LogP) is -2.12. The van der Waals surface area contributed by atoms with E-state index in [9.17, 15) is 14.8 Å². The summed E-state index contributed by atoms with van der Waals surface area (Å²) in [4.78, 5) is 25.6. The average molecular weight is 277 g/mol. The minimum atomic E-state index is -0.820. The molecule has 0 aliphatic rings. The third kappa shape index (κ3) is 5.31. The Kier molecular flexibility index (Phi) is 8.96. The van der Waals surface area contributed by atoms with Crippen molar-refractivity contribution in [3.05, 3.63) is 33.4 Å². The number of rotatable bonds is 5. The molecule has 0 spiro atoms. The number of aromatic nitrogens is 1. The Morgan fingerprint density at radius 2 is 2.22 bits per heavy atom. The third-order valence-electron chi connectivity index (χ3n) is 2.34. The molecule has 0 saturated heterocycles. The Balaban J connectivity index is 0.00000289. The van der Waals surface area contributed by atoms with Crippen molar-refractivity contribution in [2.45, 2.75) is 32.7 Å². The zero-order valence-corrected chi connectivity index (χ0v) is 14.0. The molecular formula is C11H16KN3O3. The zero-order chi connectivity index (χ0) is 12.8. The fraction of sp³-hybridized carbons (Fsp3) is 0.455.